The van der Waals surface area contributed by atoms with Gasteiger partial charge in [-0.25, -0.2) is 0 Å². The average Bonchev–Trinajstić information content (AvgIpc) is 2.74. The Morgan fingerprint density at radius 1 is 1.05 bits per heavy atom. The van der Waals surface area contributed by atoms with Gasteiger partial charge in [-0.05, 0) is 31.9 Å². The first-order chi connectivity index (χ1) is 9.74. The van der Waals surface area contributed by atoms with Crippen molar-refractivity contribution in [2.75, 3.05) is 0 Å². The first-order valence-electron chi connectivity index (χ1n) is 7.24. The standard InChI is InChI=1S/C18H20N2.ClH/c1-4-12-20-14(3)13(2)16-10-11-19-17(18(16)20)15-8-6-5-7-9-15;/h5-11H,4,12H2,1-3H3;1H. The van der Waals surface area contributed by atoms with Gasteiger partial charge in [0.2, 0.25) is 0 Å². The minimum absolute atomic E-state index is 0. The van der Waals surface area contributed by atoms with Crippen molar-refractivity contribution in [1.29, 1.82) is 0 Å². The quantitative estimate of drug-likeness (QED) is 0.654. The highest BCUT2D eigenvalue weighted by Crippen LogP contribution is 2.32. The van der Waals surface area contributed by atoms with Gasteiger partial charge in [0, 0.05) is 29.4 Å². The van der Waals surface area contributed by atoms with Crippen LogP contribution in [0.5, 0.6) is 0 Å². The third-order valence-corrected chi connectivity index (χ3v) is 4.04. The summed E-state index contributed by atoms with van der Waals surface area (Å²) in [6.07, 6.45) is 3.06. The molecule has 0 atom stereocenters. The Morgan fingerprint density at radius 2 is 1.76 bits per heavy atom. The zero-order chi connectivity index (χ0) is 14.1. The summed E-state index contributed by atoms with van der Waals surface area (Å²) in [5.41, 5.74) is 6.27. The highest BCUT2D eigenvalue weighted by atomic mass is 35.5. The number of hydrogen-bond donors (Lipinski definition) is 0. The summed E-state index contributed by atoms with van der Waals surface area (Å²) in [6.45, 7) is 7.68. The fourth-order valence-electron chi connectivity index (χ4n) is 2.91. The molecule has 0 aliphatic rings. The third kappa shape index (κ3) is 2.56. The van der Waals surface area contributed by atoms with E-state index in [2.05, 4.69) is 60.7 Å². The molecule has 1 aromatic carbocycles. The second-order valence-corrected chi connectivity index (χ2v) is 5.28. The molecule has 2 heterocycles. The van der Waals surface area contributed by atoms with E-state index in [0.29, 0.717) is 0 Å². The van der Waals surface area contributed by atoms with Crippen molar-refractivity contribution in [2.24, 2.45) is 0 Å². The van der Waals surface area contributed by atoms with Gasteiger partial charge in [-0.2, -0.15) is 0 Å². The van der Waals surface area contributed by atoms with Gasteiger partial charge >= 0.3 is 0 Å². The van der Waals surface area contributed by atoms with Crippen molar-refractivity contribution in [3.8, 4) is 11.3 Å². The largest absolute Gasteiger partial charge is 0.343 e. The fraction of sp³-hybridized carbons (Fsp3) is 0.278. The summed E-state index contributed by atoms with van der Waals surface area (Å²) in [4.78, 5) is 4.65. The predicted octanol–water partition coefficient (Wildman–Crippen LogP) is 5.15. The summed E-state index contributed by atoms with van der Waals surface area (Å²) in [5.74, 6) is 0. The zero-order valence-corrected chi connectivity index (χ0v) is 13.6. The van der Waals surface area contributed by atoms with Crippen LogP contribution >= 0.6 is 12.4 Å². The molecule has 2 aromatic heterocycles. The Labute approximate surface area is 132 Å². The molecule has 0 saturated carbocycles. The molecule has 0 aliphatic carbocycles. The normalized spacial score (nSPS) is 10.6. The third-order valence-electron chi connectivity index (χ3n) is 4.04. The number of pyridine rings is 1. The maximum Gasteiger partial charge on any atom is 0.0944 e. The van der Waals surface area contributed by atoms with Crippen molar-refractivity contribution in [3.63, 3.8) is 0 Å². The van der Waals surface area contributed by atoms with Gasteiger partial charge in [-0.1, -0.05) is 37.3 Å². The Bertz CT molecular complexity index is 745. The summed E-state index contributed by atoms with van der Waals surface area (Å²) in [5, 5.41) is 1.32. The van der Waals surface area contributed by atoms with E-state index >= 15 is 0 Å². The Morgan fingerprint density at radius 3 is 2.43 bits per heavy atom. The van der Waals surface area contributed by atoms with Gasteiger partial charge in [0.25, 0.3) is 0 Å². The predicted molar refractivity (Wildman–Crippen MR) is 92.2 cm³/mol. The molecule has 0 spiro atoms. The summed E-state index contributed by atoms with van der Waals surface area (Å²) in [7, 11) is 0. The van der Waals surface area contributed by atoms with Crippen molar-refractivity contribution in [2.45, 2.75) is 33.7 Å². The van der Waals surface area contributed by atoms with Crippen LogP contribution in [0.3, 0.4) is 0 Å². The molecule has 0 amide bonds. The van der Waals surface area contributed by atoms with E-state index < -0.39 is 0 Å². The number of aromatic nitrogens is 2. The zero-order valence-electron chi connectivity index (χ0n) is 12.8. The van der Waals surface area contributed by atoms with Gasteiger partial charge in [-0.15, -0.1) is 12.4 Å². The molecule has 110 valence electrons. The number of halogens is 1. The SMILES string of the molecule is CCCn1c(C)c(C)c2ccnc(-c3ccccc3)c21.Cl. The molecule has 21 heavy (non-hydrogen) atoms. The minimum Gasteiger partial charge on any atom is -0.343 e. The van der Waals surface area contributed by atoms with Crippen LogP contribution in [-0.4, -0.2) is 9.55 Å². The fourth-order valence-corrected chi connectivity index (χ4v) is 2.91. The first kappa shape index (κ1) is 15.6. The number of rotatable bonds is 3. The molecule has 3 rings (SSSR count). The number of nitrogens with zero attached hydrogens (tertiary/aromatic N) is 2. The molecule has 3 aromatic rings. The van der Waals surface area contributed by atoms with Crippen LogP contribution in [0.15, 0.2) is 42.6 Å². The number of aryl methyl sites for hydroxylation is 2. The minimum atomic E-state index is 0. The van der Waals surface area contributed by atoms with Crippen LogP contribution in [0.1, 0.15) is 24.6 Å². The highest BCUT2D eigenvalue weighted by molar-refractivity contribution is 5.95. The van der Waals surface area contributed by atoms with Gasteiger partial charge in [0.05, 0.1) is 11.2 Å². The van der Waals surface area contributed by atoms with Crippen molar-refractivity contribution < 1.29 is 0 Å². The summed E-state index contributed by atoms with van der Waals surface area (Å²) >= 11 is 0. The van der Waals surface area contributed by atoms with E-state index in [4.69, 9.17) is 0 Å². The lowest BCUT2D eigenvalue weighted by Gasteiger charge is -2.10. The maximum atomic E-state index is 4.65. The second-order valence-electron chi connectivity index (χ2n) is 5.28. The Balaban J connectivity index is 0.00000161. The molecule has 0 N–H and O–H groups in total. The van der Waals surface area contributed by atoms with Gasteiger partial charge in [0.15, 0.2) is 0 Å². The van der Waals surface area contributed by atoms with Crippen molar-refractivity contribution in [3.05, 3.63) is 53.9 Å². The number of hydrogen-bond acceptors (Lipinski definition) is 1. The molecule has 3 heteroatoms. The van der Waals surface area contributed by atoms with E-state index in [1.165, 1.54) is 27.7 Å². The highest BCUT2D eigenvalue weighted by Gasteiger charge is 2.15. The molecule has 0 aliphatic heterocycles. The van der Waals surface area contributed by atoms with Crippen molar-refractivity contribution in [1.82, 2.24) is 9.55 Å². The van der Waals surface area contributed by atoms with Crippen LogP contribution in [0.25, 0.3) is 22.2 Å². The van der Waals surface area contributed by atoms with Gasteiger partial charge in [-0.3, -0.25) is 4.98 Å². The van der Waals surface area contributed by atoms with Gasteiger partial charge in [0.1, 0.15) is 0 Å². The lowest BCUT2D eigenvalue weighted by Crippen LogP contribution is -2.00. The number of fused-ring (bicyclic) bond motifs is 1. The van der Waals surface area contributed by atoms with E-state index in [9.17, 15) is 0 Å². The van der Waals surface area contributed by atoms with Gasteiger partial charge < -0.3 is 4.57 Å². The van der Waals surface area contributed by atoms with E-state index in [1.54, 1.807) is 0 Å². The van der Waals surface area contributed by atoms with Crippen molar-refractivity contribution >= 4 is 23.3 Å². The molecule has 2 nitrogen and oxygen atoms in total. The Hall–Kier alpha value is -1.80. The summed E-state index contributed by atoms with van der Waals surface area (Å²) in [6, 6.07) is 12.6. The maximum absolute atomic E-state index is 4.65. The van der Waals surface area contributed by atoms with Crippen LogP contribution in [0.2, 0.25) is 0 Å². The lowest BCUT2D eigenvalue weighted by molar-refractivity contribution is 0.683. The lowest BCUT2D eigenvalue weighted by atomic mass is 10.1. The molecule has 0 bridgehead atoms. The topological polar surface area (TPSA) is 17.8 Å². The number of benzene rings is 1. The summed E-state index contributed by atoms with van der Waals surface area (Å²) < 4.78 is 2.42. The van der Waals surface area contributed by atoms with Crippen LogP contribution in [0.4, 0.5) is 0 Å². The van der Waals surface area contributed by atoms with E-state index in [1.807, 2.05) is 12.3 Å². The first-order valence-corrected chi connectivity index (χ1v) is 7.24. The molecular formula is C18H21ClN2. The molecule has 0 fully saturated rings. The molecular weight excluding hydrogens is 280 g/mol. The van der Waals surface area contributed by atoms with E-state index in [-0.39, 0.29) is 12.4 Å². The monoisotopic (exact) mass is 300 g/mol. The Kier molecular flexibility index (Phi) is 4.69. The second kappa shape index (κ2) is 6.31. The molecule has 0 radical (unpaired) electrons. The van der Waals surface area contributed by atoms with Crippen LogP contribution in [-0.2, 0) is 6.54 Å². The molecule has 0 unspecified atom stereocenters. The van der Waals surface area contributed by atoms with Crippen LogP contribution in [0, 0.1) is 13.8 Å². The van der Waals surface area contributed by atoms with E-state index in [0.717, 1.165) is 18.7 Å². The molecule has 0 saturated heterocycles. The average molecular weight is 301 g/mol. The smallest absolute Gasteiger partial charge is 0.0944 e. The van der Waals surface area contributed by atoms with Crippen LogP contribution < -0.4 is 0 Å².